The van der Waals surface area contributed by atoms with Gasteiger partial charge < -0.3 is 14.1 Å². The van der Waals surface area contributed by atoms with Gasteiger partial charge in [0, 0.05) is 18.1 Å². The van der Waals surface area contributed by atoms with Crippen LogP contribution in [0.2, 0.25) is 5.02 Å². The fraction of sp³-hybridized carbons (Fsp3) is 0.353. The molecule has 0 radical (unpaired) electrons. The van der Waals surface area contributed by atoms with E-state index in [2.05, 4.69) is 16.8 Å². The van der Waals surface area contributed by atoms with Gasteiger partial charge in [-0.1, -0.05) is 35.5 Å². The van der Waals surface area contributed by atoms with Crippen LogP contribution in [0.15, 0.2) is 46.1 Å². The first kappa shape index (κ1) is 19.3. The molecule has 0 unspecified atom stereocenters. The van der Waals surface area contributed by atoms with Crippen LogP contribution in [0.3, 0.4) is 0 Å². The third-order valence-electron chi connectivity index (χ3n) is 3.14. The minimum absolute atomic E-state index is 0.00710. The quantitative estimate of drug-likeness (QED) is 0.486. The number of halogens is 1. The average molecular weight is 382 g/mol. The Hall–Kier alpha value is -1.99. The highest BCUT2D eigenvalue weighted by Gasteiger charge is 2.15. The molecule has 0 bridgehead atoms. The van der Waals surface area contributed by atoms with Crippen molar-refractivity contribution in [2.75, 3.05) is 18.8 Å². The minimum Gasteiger partial charge on any atom is -0.484 e. The predicted molar refractivity (Wildman–Crippen MR) is 97.9 cm³/mol. The van der Waals surface area contributed by atoms with Crippen molar-refractivity contribution in [3.63, 3.8) is 0 Å². The van der Waals surface area contributed by atoms with Gasteiger partial charge in [-0.3, -0.25) is 4.79 Å². The molecule has 0 saturated carbocycles. The monoisotopic (exact) mass is 381 g/mol. The molecule has 25 heavy (non-hydrogen) atoms. The van der Waals surface area contributed by atoms with Crippen molar-refractivity contribution in [2.24, 2.45) is 0 Å². The van der Waals surface area contributed by atoms with Gasteiger partial charge in [-0.15, -0.1) is 10.2 Å². The zero-order valence-corrected chi connectivity index (χ0v) is 15.8. The fourth-order valence-corrected chi connectivity index (χ4v) is 2.76. The van der Waals surface area contributed by atoms with E-state index in [1.807, 2.05) is 13.8 Å². The molecule has 134 valence electrons. The number of nitrogens with zero attached hydrogens (tertiary/aromatic N) is 3. The second-order valence-corrected chi connectivity index (χ2v) is 6.72. The van der Waals surface area contributed by atoms with Gasteiger partial charge in [-0.05, 0) is 38.1 Å². The lowest BCUT2D eigenvalue weighted by Crippen LogP contribution is -2.33. The number of carbonyl (C=O) groups is 1. The minimum atomic E-state index is 0.00710. The molecule has 1 aromatic heterocycles. The van der Waals surface area contributed by atoms with Crippen molar-refractivity contribution in [2.45, 2.75) is 25.7 Å². The molecular weight excluding hydrogens is 362 g/mol. The van der Waals surface area contributed by atoms with Crippen molar-refractivity contribution < 1.29 is 13.9 Å². The number of likely N-dealkylation sites (N-methyl/N-ethyl adjacent to an activating group) is 1. The smallest absolute Gasteiger partial charge is 0.277 e. The van der Waals surface area contributed by atoms with E-state index in [1.54, 1.807) is 29.2 Å². The molecule has 2 rings (SSSR count). The number of amides is 1. The van der Waals surface area contributed by atoms with E-state index in [9.17, 15) is 4.79 Å². The molecule has 6 nitrogen and oxygen atoms in total. The zero-order chi connectivity index (χ0) is 18.2. The molecule has 8 heteroatoms. The number of rotatable bonds is 9. The molecule has 0 atom stereocenters. The third-order valence-corrected chi connectivity index (χ3v) is 4.19. The standard InChI is InChI=1S/C17H20ClN3O3S/c1-4-21(9-12(2)3)16(22)11-25-17-20-19-15(24-17)10-23-14-7-5-13(18)6-8-14/h5-8H,2,4,9-11H2,1,3H3. The molecular formula is C17H20ClN3O3S. The highest BCUT2D eigenvalue weighted by molar-refractivity contribution is 7.99. The SMILES string of the molecule is C=C(C)CN(CC)C(=O)CSc1nnc(COc2ccc(Cl)cc2)o1. The van der Waals surface area contributed by atoms with E-state index in [0.29, 0.717) is 35.0 Å². The Kier molecular flexibility index (Phi) is 7.33. The summed E-state index contributed by atoms with van der Waals surface area (Å²) in [5, 5.41) is 8.81. The summed E-state index contributed by atoms with van der Waals surface area (Å²) in [6.07, 6.45) is 0. The first-order chi connectivity index (χ1) is 12.0. The van der Waals surface area contributed by atoms with Crippen LogP contribution < -0.4 is 4.74 Å². The Morgan fingerprint density at radius 1 is 1.36 bits per heavy atom. The summed E-state index contributed by atoms with van der Waals surface area (Å²) in [5.41, 5.74) is 0.944. The van der Waals surface area contributed by atoms with Crippen molar-refractivity contribution in [1.29, 1.82) is 0 Å². The fourth-order valence-electron chi connectivity index (χ4n) is 1.95. The Balaban J connectivity index is 1.81. The van der Waals surface area contributed by atoms with Crippen LogP contribution in [0.25, 0.3) is 0 Å². The van der Waals surface area contributed by atoms with E-state index in [-0.39, 0.29) is 18.3 Å². The summed E-state index contributed by atoms with van der Waals surface area (Å²) in [4.78, 5) is 13.9. The van der Waals surface area contributed by atoms with Gasteiger partial charge in [0.15, 0.2) is 6.61 Å². The maximum absolute atomic E-state index is 12.2. The first-order valence-electron chi connectivity index (χ1n) is 7.73. The van der Waals surface area contributed by atoms with Crippen LogP contribution in [-0.4, -0.2) is 39.8 Å². The molecule has 0 fully saturated rings. The van der Waals surface area contributed by atoms with Crippen LogP contribution in [0.1, 0.15) is 19.7 Å². The number of thioether (sulfide) groups is 1. The number of benzene rings is 1. The van der Waals surface area contributed by atoms with Gasteiger partial charge in [0.05, 0.1) is 5.75 Å². The van der Waals surface area contributed by atoms with Crippen LogP contribution in [-0.2, 0) is 11.4 Å². The lowest BCUT2D eigenvalue weighted by Gasteiger charge is -2.20. The molecule has 0 aliphatic heterocycles. The molecule has 1 heterocycles. The Morgan fingerprint density at radius 3 is 2.72 bits per heavy atom. The Morgan fingerprint density at radius 2 is 2.08 bits per heavy atom. The zero-order valence-electron chi connectivity index (χ0n) is 14.2. The van der Waals surface area contributed by atoms with Gasteiger partial charge in [-0.25, -0.2) is 0 Å². The lowest BCUT2D eigenvalue weighted by molar-refractivity contribution is -0.127. The average Bonchev–Trinajstić information content (AvgIpc) is 3.05. The van der Waals surface area contributed by atoms with Gasteiger partial charge in [-0.2, -0.15) is 0 Å². The number of carbonyl (C=O) groups excluding carboxylic acids is 1. The summed E-state index contributed by atoms with van der Waals surface area (Å²) in [6.45, 7) is 9.01. The molecule has 2 aromatic rings. The number of hydrogen-bond acceptors (Lipinski definition) is 6. The summed E-state index contributed by atoms with van der Waals surface area (Å²) < 4.78 is 11.0. The number of ether oxygens (including phenoxy) is 1. The normalized spacial score (nSPS) is 10.5. The van der Waals surface area contributed by atoms with Gasteiger partial charge >= 0.3 is 0 Å². The van der Waals surface area contributed by atoms with Gasteiger partial charge in [0.25, 0.3) is 11.1 Å². The van der Waals surface area contributed by atoms with Crippen LogP contribution in [0, 0.1) is 0 Å². The molecule has 0 spiro atoms. The van der Waals surface area contributed by atoms with E-state index in [4.69, 9.17) is 20.8 Å². The second-order valence-electron chi connectivity index (χ2n) is 5.36. The summed E-state index contributed by atoms with van der Waals surface area (Å²) in [7, 11) is 0. The Labute approximate surface area is 156 Å². The lowest BCUT2D eigenvalue weighted by atomic mass is 10.3. The van der Waals surface area contributed by atoms with Crippen LogP contribution >= 0.6 is 23.4 Å². The van der Waals surface area contributed by atoms with Crippen molar-refractivity contribution >= 4 is 29.3 Å². The van der Waals surface area contributed by atoms with Gasteiger partial charge in [0.2, 0.25) is 5.91 Å². The highest BCUT2D eigenvalue weighted by Crippen LogP contribution is 2.19. The van der Waals surface area contributed by atoms with E-state index < -0.39 is 0 Å². The van der Waals surface area contributed by atoms with Gasteiger partial charge in [0.1, 0.15) is 5.75 Å². The molecule has 1 amide bonds. The van der Waals surface area contributed by atoms with E-state index in [0.717, 1.165) is 5.57 Å². The second kappa shape index (κ2) is 9.48. The molecule has 1 aromatic carbocycles. The maximum atomic E-state index is 12.2. The van der Waals surface area contributed by atoms with E-state index >= 15 is 0 Å². The number of aromatic nitrogens is 2. The summed E-state index contributed by atoms with van der Waals surface area (Å²) >= 11 is 7.03. The Bertz CT molecular complexity index is 718. The largest absolute Gasteiger partial charge is 0.484 e. The third kappa shape index (κ3) is 6.43. The maximum Gasteiger partial charge on any atom is 0.277 e. The topological polar surface area (TPSA) is 68.5 Å². The number of hydrogen-bond donors (Lipinski definition) is 0. The molecule has 0 aliphatic carbocycles. The van der Waals surface area contributed by atoms with Crippen molar-refractivity contribution in [3.8, 4) is 5.75 Å². The van der Waals surface area contributed by atoms with Crippen molar-refractivity contribution in [3.05, 3.63) is 47.3 Å². The van der Waals surface area contributed by atoms with Crippen LogP contribution in [0.4, 0.5) is 0 Å². The summed E-state index contributed by atoms with van der Waals surface area (Å²) in [5.74, 6) is 1.25. The van der Waals surface area contributed by atoms with Crippen LogP contribution in [0.5, 0.6) is 5.75 Å². The molecule has 0 saturated heterocycles. The highest BCUT2D eigenvalue weighted by atomic mass is 35.5. The predicted octanol–water partition coefficient (Wildman–Crippen LogP) is 3.82. The van der Waals surface area contributed by atoms with E-state index in [1.165, 1.54) is 11.8 Å². The molecule has 0 N–H and O–H groups in total. The van der Waals surface area contributed by atoms with Crippen molar-refractivity contribution in [1.82, 2.24) is 15.1 Å². The summed E-state index contributed by atoms with van der Waals surface area (Å²) in [6, 6.07) is 6.99. The molecule has 0 aliphatic rings. The first-order valence-corrected chi connectivity index (χ1v) is 9.10.